The summed E-state index contributed by atoms with van der Waals surface area (Å²) in [7, 11) is 0. The molecule has 7 nitrogen and oxygen atoms in total. The normalized spacial score (nSPS) is 12.8. The number of aliphatic hydroxyl groups is 3. The van der Waals surface area contributed by atoms with Crippen LogP contribution in [0.15, 0.2) is 35.5 Å². The summed E-state index contributed by atoms with van der Waals surface area (Å²) in [6.07, 6.45) is 30.9. The van der Waals surface area contributed by atoms with Crippen LogP contribution in [0.4, 0.5) is 0 Å². The minimum Gasteiger partial charge on any atom is -0.394 e. The summed E-state index contributed by atoms with van der Waals surface area (Å²) in [5.41, 5.74) is 7.36. The van der Waals surface area contributed by atoms with E-state index in [0.29, 0.717) is 13.0 Å². The first kappa shape index (κ1) is 51.9. The fourth-order valence-corrected chi connectivity index (χ4v) is 4.63. The van der Waals surface area contributed by atoms with Crippen molar-refractivity contribution in [3.63, 3.8) is 0 Å². The van der Waals surface area contributed by atoms with E-state index in [1.807, 2.05) is 26.8 Å². The van der Waals surface area contributed by atoms with Crippen molar-refractivity contribution >= 4 is 17.9 Å². The van der Waals surface area contributed by atoms with Crippen molar-refractivity contribution in [1.29, 1.82) is 0 Å². The highest BCUT2D eigenvalue weighted by Crippen LogP contribution is 2.17. The summed E-state index contributed by atoms with van der Waals surface area (Å²) < 4.78 is 0. The zero-order chi connectivity index (χ0) is 36.6. The lowest BCUT2D eigenvalue weighted by molar-refractivity contribution is -0.116. The van der Waals surface area contributed by atoms with Crippen LogP contribution in [0.3, 0.4) is 0 Å². The smallest absolute Gasteiger partial charge is 0.163 e. The third-order valence-corrected chi connectivity index (χ3v) is 7.21. The fraction of sp³-hybridized carbons (Fsp3) is 0.775. The number of aliphatic hydroxyl groups excluding tert-OH is 3. The van der Waals surface area contributed by atoms with Gasteiger partial charge in [-0.1, -0.05) is 141 Å². The number of allylic oxidation sites excluding steroid dienone is 6. The number of hydrogen-bond donors (Lipinski definition) is 4. The van der Waals surface area contributed by atoms with Gasteiger partial charge in [0.05, 0.1) is 18.8 Å². The van der Waals surface area contributed by atoms with Gasteiger partial charge in [-0.25, -0.2) is 0 Å². The first-order valence-electron chi connectivity index (χ1n) is 18.7. The molecule has 0 radical (unpaired) electrons. The monoisotopic (exact) mass is 668 g/mol. The molecule has 0 amide bonds. The molecular weight excluding hydrogens is 590 g/mol. The Morgan fingerprint density at radius 3 is 1.57 bits per heavy atom. The van der Waals surface area contributed by atoms with Gasteiger partial charge in [0.1, 0.15) is 12.1 Å². The molecule has 0 aromatic heterocycles. The van der Waals surface area contributed by atoms with Gasteiger partial charge in [-0.2, -0.15) is 0 Å². The molecule has 0 saturated heterocycles. The van der Waals surface area contributed by atoms with E-state index in [9.17, 15) is 14.7 Å². The van der Waals surface area contributed by atoms with Crippen molar-refractivity contribution in [2.24, 2.45) is 5.73 Å². The van der Waals surface area contributed by atoms with Crippen LogP contribution in [0, 0.1) is 0 Å². The van der Waals surface area contributed by atoms with Gasteiger partial charge < -0.3 is 30.6 Å². The maximum absolute atomic E-state index is 12.3. The second-order valence-corrected chi connectivity index (χ2v) is 12.1. The number of ketones is 2. The maximum Gasteiger partial charge on any atom is 0.163 e. The van der Waals surface area contributed by atoms with Crippen LogP contribution < -0.4 is 5.73 Å². The molecule has 0 fully saturated rings. The molecule has 1 aliphatic carbocycles. The van der Waals surface area contributed by atoms with Crippen molar-refractivity contribution in [2.75, 3.05) is 13.2 Å². The standard InChI is InChI=1S/C21H35NO2.C12H26O2.C3H6O.C2H4O.C2H6/c1-18-13-9-8-11-15-20(18)21(24)16-12-7-5-3-2-4-6-10-14-19(23)17-22;1-2-3-4-5-6-7-8-9-10-12(14)11-13;1-3(2)4;1-2-3;1-2/h9,11,13,15,19,23H,2-8,10,12,14,16-17,22H2,1H3;12-14H,2-11H2,1H3;1-2H3;2H,1H3;1-2H3. The van der Waals surface area contributed by atoms with E-state index in [1.54, 1.807) is 0 Å². The number of carbonyl (C=O) groups excluding carboxylic acids is 3. The Morgan fingerprint density at radius 2 is 1.15 bits per heavy atom. The summed E-state index contributed by atoms with van der Waals surface area (Å²) >= 11 is 0. The molecule has 47 heavy (non-hydrogen) atoms. The lowest BCUT2D eigenvalue weighted by Crippen LogP contribution is -2.19. The largest absolute Gasteiger partial charge is 0.394 e. The van der Waals surface area contributed by atoms with E-state index < -0.39 is 6.10 Å². The molecule has 0 bridgehead atoms. The fourth-order valence-electron chi connectivity index (χ4n) is 4.63. The van der Waals surface area contributed by atoms with Gasteiger partial charge in [0.25, 0.3) is 0 Å². The van der Waals surface area contributed by atoms with E-state index >= 15 is 0 Å². The number of nitrogens with two attached hydrogens (primary N) is 1. The zero-order valence-corrected chi connectivity index (χ0v) is 31.7. The second kappa shape index (κ2) is 44.1. The summed E-state index contributed by atoms with van der Waals surface area (Å²) in [5, 5.41) is 27.0. The average molecular weight is 668 g/mol. The van der Waals surface area contributed by atoms with Crippen molar-refractivity contribution in [2.45, 2.75) is 189 Å². The van der Waals surface area contributed by atoms with E-state index in [4.69, 9.17) is 20.7 Å². The van der Waals surface area contributed by atoms with Gasteiger partial charge in [-0.3, -0.25) is 4.79 Å². The van der Waals surface area contributed by atoms with Gasteiger partial charge in [0.15, 0.2) is 5.78 Å². The highest BCUT2D eigenvalue weighted by atomic mass is 16.3. The molecule has 0 aromatic rings. The lowest BCUT2D eigenvalue weighted by atomic mass is 9.99. The average Bonchev–Trinajstić information content (AvgIpc) is 3.28. The van der Waals surface area contributed by atoms with Crippen LogP contribution in [0.5, 0.6) is 0 Å². The molecular formula is C40H77NO6. The van der Waals surface area contributed by atoms with Crippen molar-refractivity contribution in [1.82, 2.24) is 0 Å². The summed E-state index contributed by atoms with van der Waals surface area (Å²) in [6.45, 7) is 13.0. The van der Waals surface area contributed by atoms with Gasteiger partial charge in [-0.05, 0) is 59.0 Å². The van der Waals surface area contributed by atoms with Crippen LogP contribution in [0.2, 0.25) is 0 Å². The minimum absolute atomic E-state index is 0.0868. The molecule has 0 saturated carbocycles. The Labute approximate surface area is 290 Å². The summed E-state index contributed by atoms with van der Waals surface area (Å²) in [6, 6.07) is 0. The number of unbranched alkanes of at least 4 members (excludes halogenated alkanes) is 14. The van der Waals surface area contributed by atoms with Crippen LogP contribution in [0.1, 0.15) is 177 Å². The Hall–Kier alpha value is -1.93. The van der Waals surface area contributed by atoms with Gasteiger partial charge in [-0.15, -0.1) is 0 Å². The minimum atomic E-state index is -0.491. The Morgan fingerprint density at radius 1 is 0.766 bits per heavy atom. The van der Waals surface area contributed by atoms with Crippen molar-refractivity contribution in [3.8, 4) is 0 Å². The molecule has 2 unspecified atom stereocenters. The second-order valence-electron chi connectivity index (χ2n) is 12.1. The number of rotatable bonds is 23. The molecule has 0 aromatic carbocycles. The predicted molar refractivity (Wildman–Crippen MR) is 202 cm³/mol. The highest BCUT2D eigenvalue weighted by molar-refractivity contribution is 5.99. The quantitative estimate of drug-likeness (QED) is 0.0629. The third kappa shape index (κ3) is 46.2. The third-order valence-electron chi connectivity index (χ3n) is 7.21. The molecule has 5 N–H and O–H groups in total. The first-order chi connectivity index (χ1) is 22.6. The van der Waals surface area contributed by atoms with Crippen molar-refractivity contribution in [3.05, 3.63) is 35.5 Å². The van der Waals surface area contributed by atoms with Crippen LogP contribution in [-0.2, 0) is 14.4 Å². The van der Waals surface area contributed by atoms with Crippen LogP contribution in [0.25, 0.3) is 0 Å². The SMILES string of the molecule is CC.CC(C)=O.CC1=C(C(=O)CCCCCCCCCCC(O)CN)C=CCC=C1.CC=O.CCCCCCCCCCC(O)CO. The zero-order valence-electron chi connectivity index (χ0n) is 31.7. The molecule has 278 valence electrons. The van der Waals surface area contributed by atoms with E-state index in [2.05, 4.69) is 25.2 Å². The van der Waals surface area contributed by atoms with Crippen molar-refractivity contribution < 1.29 is 29.7 Å². The molecule has 0 aliphatic heterocycles. The Bertz CT molecular complexity index is 771. The number of Topliss-reactive ketones (excluding diaryl/α,β-unsaturated/α-hetero) is 2. The van der Waals surface area contributed by atoms with Gasteiger partial charge >= 0.3 is 0 Å². The summed E-state index contributed by atoms with van der Waals surface area (Å²) in [4.78, 5) is 30.5. The van der Waals surface area contributed by atoms with E-state index in [-0.39, 0.29) is 24.3 Å². The Balaban J connectivity index is -0.000000339. The lowest BCUT2D eigenvalue weighted by Gasteiger charge is -2.07. The van der Waals surface area contributed by atoms with Crippen LogP contribution in [-0.4, -0.2) is 58.5 Å². The Kier molecular flexibility index (Phi) is 48.7. The number of aldehydes is 1. The molecule has 1 aliphatic rings. The predicted octanol–water partition coefficient (Wildman–Crippen LogP) is 9.31. The topological polar surface area (TPSA) is 138 Å². The molecule has 1 rings (SSSR count). The molecule has 7 heteroatoms. The van der Waals surface area contributed by atoms with Crippen LogP contribution >= 0.6 is 0 Å². The molecule has 2 atom stereocenters. The van der Waals surface area contributed by atoms with Gasteiger partial charge in [0.2, 0.25) is 0 Å². The highest BCUT2D eigenvalue weighted by Gasteiger charge is 2.09. The summed E-state index contributed by atoms with van der Waals surface area (Å²) in [5.74, 6) is 0.453. The molecule has 0 heterocycles. The number of hydrogen-bond acceptors (Lipinski definition) is 7. The first-order valence-corrected chi connectivity index (χ1v) is 18.7. The number of carbonyl (C=O) groups is 3. The van der Waals surface area contributed by atoms with E-state index in [0.717, 1.165) is 62.4 Å². The van der Waals surface area contributed by atoms with Gasteiger partial charge in [0, 0.05) is 18.5 Å². The van der Waals surface area contributed by atoms with E-state index in [1.165, 1.54) is 97.8 Å². The maximum atomic E-state index is 12.3. The molecule has 0 spiro atoms.